The van der Waals surface area contributed by atoms with Gasteiger partial charge in [0.25, 0.3) is 0 Å². The van der Waals surface area contributed by atoms with Gasteiger partial charge in [0, 0.05) is 24.1 Å². The van der Waals surface area contributed by atoms with E-state index < -0.39 is 0 Å². The van der Waals surface area contributed by atoms with Gasteiger partial charge in [0.05, 0.1) is 28.9 Å². The average molecular weight is 370 g/mol. The molecular formula is C19H22N4O2S. The van der Waals surface area contributed by atoms with Crippen molar-refractivity contribution in [3.05, 3.63) is 17.7 Å². The van der Waals surface area contributed by atoms with Crippen molar-refractivity contribution in [2.75, 3.05) is 18.6 Å². The van der Waals surface area contributed by atoms with Crippen LogP contribution in [0.15, 0.2) is 12.1 Å². The summed E-state index contributed by atoms with van der Waals surface area (Å²) < 4.78 is 6.81. The van der Waals surface area contributed by atoms with Gasteiger partial charge in [-0.05, 0) is 44.9 Å². The predicted octanol–water partition coefficient (Wildman–Crippen LogP) is 2.75. The third-order valence-corrected chi connectivity index (χ3v) is 7.51. The second kappa shape index (κ2) is 5.33. The first-order valence-electron chi connectivity index (χ1n) is 9.56. The third-order valence-electron chi connectivity index (χ3n) is 6.49. The summed E-state index contributed by atoms with van der Waals surface area (Å²) in [5.41, 5.74) is 2.21. The van der Waals surface area contributed by atoms with Gasteiger partial charge in [-0.2, -0.15) is 0 Å². The highest BCUT2D eigenvalue weighted by Crippen LogP contribution is 2.42. The number of hydrogen-bond donors (Lipinski definition) is 1. The molecule has 2 amide bonds. The van der Waals surface area contributed by atoms with E-state index in [4.69, 9.17) is 9.72 Å². The summed E-state index contributed by atoms with van der Waals surface area (Å²) in [7, 11) is 2.25. The van der Waals surface area contributed by atoms with Crippen LogP contribution in [0.3, 0.4) is 0 Å². The maximum Gasteiger partial charge on any atom is 0.324 e. The summed E-state index contributed by atoms with van der Waals surface area (Å²) in [5.74, 6) is 0.949. The van der Waals surface area contributed by atoms with E-state index in [2.05, 4.69) is 23.3 Å². The Balaban J connectivity index is 1.34. The van der Waals surface area contributed by atoms with E-state index in [9.17, 15) is 4.79 Å². The summed E-state index contributed by atoms with van der Waals surface area (Å²) >= 11 is 1.63. The van der Waals surface area contributed by atoms with Crippen LogP contribution in [0.4, 0.5) is 9.93 Å². The average Bonchev–Trinajstić information content (AvgIpc) is 2.97. The van der Waals surface area contributed by atoms with Crippen LogP contribution in [0, 0.1) is 0 Å². The summed E-state index contributed by atoms with van der Waals surface area (Å²) in [6.07, 6.45) is 5.64. The molecule has 0 radical (unpaired) electrons. The molecule has 7 heteroatoms. The van der Waals surface area contributed by atoms with Crippen LogP contribution in [0.25, 0.3) is 10.2 Å². The summed E-state index contributed by atoms with van der Waals surface area (Å²) in [5, 5.41) is 4.04. The van der Waals surface area contributed by atoms with Gasteiger partial charge in [-0.15, -0.1) is 0 Å². The van der Waals surface area contributed by atoms with Crippen molar-refractivity contribution in [2.24, 2.45) is 0 Å². The highest BCUT2D eigenvalue weighted by atomic mass is 32.1. The van der Waals surface area contributed by atoms with Gasteiger partial charge in [-0.1, -0.05) is 11.3 Å². The molecule has 136 valence electrons. The molecule has 4 aliphatic rings. The minimum Gasteiger partial charge on any atom is -0.493 e. The number of aromatic nitrogens is 1. The number of rotatable bonds is 3. The Labute approximate surface area is 156 Å². The smallest absolute Gasteiger partial charge is 0.324 e. The molecule has 3 heterocycles. The minimum absolute atomic E-state index is 0.0134. The lowest BCUT2D eigenvalue weighted by Gasteiger charge is -2.26. The maximum absolute atomic E-state index is 12.7. The molecule has 2 aliphatic carbocycles. The zero-order chi connectivity index (χ0) is 17.4. The van der Waals surface area contributed by atoms with Crippen molar-refractivity contribution in [2.45, 2.75) is 56.3 Å². The molecule has 3 atom stereocenters. The fourth-order valence-corrected chi connectivity index (χ4v) is 5.96. The van der Waals surface area contributed by atoms with Gasteiger partial charge < -0.3 is 15.0 Å². The molecule has 6 nitrogen and oxygen atoms in total. The number of benzene rings is 1. The lowest BCUT2D eigenvalue weighted by molar-refractivity contribution is 0.224. The summed E-state index contributed by atoms with van der Waals surface area (Å²) in [6, 6.07) is 5.91. The number of anilines is 1. The quantitative estimate of drug-likeness (QED) is 0.903. The Bertz CT molecular complexity index is 908. The first kappa shape index (κ1) is 15.2. The van der Waals surface area contributed by atoms with Gasteiger partial charge in [0.15, 0.2) is 5.13 Å². The van der Waals surface area contributed by atoms with Crippen LogP contribution >= 0.6 is 11.3 Å². The molecule has 2 aliphatic heterocycles. The third kappa shape index (κ3) is 2.13. The number of nitrogens with one attached hydrogen (secondary N) is 1. The standard InChI is InChI=1S/C19H22N4O2S/c1-22(10-2-3-10)11-8-13-14(9-11)23(18(24)20-13)19-21-17-12-6-7-25-15(12)4-5-16(17)26-19/h4-5,10-11,13-14H,2-3,6-9H2,1H3,(H,20,24)/t11-,13-,14+/m0/s1. The van der Waals surface area contributed by atoms with Crippen LogP contribution in [0.5, 0.6) is 5.75 Å². The SMILES string of the molecule is CN(C1CC1)[C@H]1C[C@@H]2NC(=O)N(c3nc4c5c(ccc4s3)OCC5)[C@@H]2C1. The van der Waals surface area contributed by atoms with E-state index in [0.717, 1.165) is 53.0 Å². The molecule has 1 N–H and O–H groups in total. The number of thiazole rings is 1. The largest absolute Gasteiger partial charge is 0.493 e. The van der Waals surface area contributed by atoms with Crippen molar-refractivity contribution < 1.29 is 9.53 Å². The fourth-order valence-electron chi connectivity index (χ4n) is 4.91. The zero-order valence-corrected chi connectivity index (χ0v) is 15.6. The van der Waals surface area contributed by atoms with E-state index >= 15 is 0 Å². The number of urea groups is 1. The second-order valence-corrected chi connectivity index (χ2v) is 9.01. The Hall–Kier alpha value is -1.86. The normalized spacial score (nSPS) is 30.0. The van der Waals surface area contributed by atoms with Gasteiger partial charge in [-0.3, -0.25) is 4.90 Å². The van der Waals surface area contributed by atoms with E-state index in [1.165, 1.54) is 18.4 Å². The van der Waals surface area contributed by atoms with E-state index in [0.29, 0.717) is 6.04 Å². The van der Waals surface area contributed by atoms with Crippen molar-refractivity contribution >= 4 is 32.7 Å². The molecule has 6 rings (SSSR count). The van der Waals surface area contributed by atoms with Crippen LogP contribution in [-0.2, 0) is 6.42 Å². The highest BCUT2D eigenvalue weighted by molar-refractivity contribution is 7.22. The topological polar surface area (TPSA) is 57.7 Å². The fraction of sp³-hybridized carbons (Fsp3) is 0.579. The first-order valence-corrected chi connectivity index (χ1v) is 10.4. The van der Waals surface area contributed by atoms with E-state index in [1.807, 2.05) is 11.0 Å². The molecule has 1 saturated heterocycles. The van der Waals surface area contributed by atoms with Crippen molar-refractivity contribution in [1.82, 2.24) is 15.2 Å². The van der Waals surface area contributed by atoms with Crippen LogP contribution in [-0.4, -0.2) is 53.7 Å². The Morgan fingerprint density at radius 2 is 2.19 bits per heavy atom. The molecule has 1 aromatic heterocycles. The van der Waals surface area contributed by atoms with E-state index in [1.54, 1.807) is 11.3 Å². The molecule has 0 unspecified atom stereocenters. The zero-order valence-electron chi connectivity index (χ0n) is 14.8. The summed E-state index contributed by atoms with van der Waals surface area (Å²) in [6.45, 7) is 0.728. The van der Waals surface area contributed by atoms with Gasteiger partial charge in [-0.25, -0.2) is 9.78 Å². The van der Waals surface area contributed by atoms with Crippen molar-refractivity contribution in [1.29, 1.82) is 0 Å². The molecule has 26 heavy (non-hydrogen) atoms. The van der Waals surface area contributed by atoms with Gasteiger partial charge >= 0.3 is 6.03 Å². The van der Waals surface area contributed by atoms with Crippen LogP contribution in [0.1, 0.15) is 31.2 Å². The first-order chi connectivity index (χ1) is 12.7. The number of ether oxygens (including phenoxy) is 1. The number of carbonyl (C=O) groups is 1. The minimum atomic E-state index is 0.0134. The van der Waals surface area contributed by atoms with Crippen LogP contribution < -0.4 is 15.0 Å². The Kier molecular flexibility index (Phi) is 3.12. The number of carbonyl (C=O) groups excluding carboxylic acids is 1. The lowest BCUT2D eigenvalue weighted by atomic mass is 10.1. The predicted molar refractivity (Wildman–Crippen MR) is 101 cm³/mol. The maximum atomic E-state index is 12.7. The molecule has 0 spiro atoms. The second-order valence-electron chi connectivity index (χ2n) is 8.00. The van der Waals surface area contributed by atoms with Gasteiger partial charge in [0.1, 0.15) is 5.75 Å². The molecule has 3 fully saturated rings. The van der Waals surface area contributed by atoms with Gasteiger partial charge in [0.2, 0.25) is 0 Å². The molecule has 1 aromatic carbocycles. The molecule has 2 aromatic rings. The van der Waals surface area contributed by atoms with Crippen LogP contribution in [0.2, 0.25) is 0 Å². The lowest BCUT2D eigenvalue weighted by Crippen LogP contribution is -2.38. The number of amides is 2. The molecule has 0 bridgehead atoms. The summed E-state index contributed by atoms with van der Waals surface area (Å²) in [4.78, 5) is 22.0. The van der Waals surface area contributed by atoms with Crippen molar-refractivity contribution in [3.8, 4) is 5.75 Å². The molecule has 2 saturated carbocycles. The number of hydrogen-bond acceptors (Lipinski definition) is 5. The Morgan fingerprint density at radius 3 is 3.04 bits per heavy atom. The highest BCUT2D eigenvalue weighted by Gasteiger charge is 2.50. The number of nitrogens with zero attached hydrogens (tertiary/aromatic N) is 3. The number of fused-ring (bicyclic) bond motifs is 4. The molecular weight excluding hydrogens is 348 g/mol. The Morgan fingerprint density at radius 1 is 1.31 bits per heavy atom. The van der Waals surface area contributed by atoms with E-state index in [-0.39, 0.29) is 18.1 Å². The van der Waals surface area contributed by atoms with Crippen molar-refractivity contribution in [3.63, 3.8) is 0 Å². The monoisotopic (exact) mass is 370 g/mol.